The van der Waals surface area contributed by atoms with Crippen LogP contribution in [0.15, 0.2) is 12.1 Å². The number of carbonyl (C=O) groups is 1. The van der Waals surface area contributed by atoms with Crippen molar-refractivity contribution < 1.29 is 4.79 Å². The van der Waals surface area contributed by atoms with E-state index in [4.69, 9.17) is 5.84 Å². The molecule has 5 heteroatoms. The molecule has 1 amide bonds. The zero-order valence-electron chi connectivity index (χ0n) is 13.1. The van der Waals surface area contributed by atoms with Crippen LogP contribution in [0.3, 0.4) is 0 Å². The molecule has 2 heterocycles. The highest BCUT2D eigenvalue weighted by atomic mass is 16.2. The number of aromatic nitrogens is 1. The number of hydrogen-bond donors (Lipinski definition) is 2. The molecule has 1 aromatic rings. The minimum absolute atomic E-state index is 0.0959. The second-order valence-electron chi connectivity index (χ2n) is 5.75. The van der Waals surface area contributed by atoms with Crippen molar-refractivity contribution in [3.05, 3.63) is 23.4 Å². The number of pyridine rings is 1. The fraction of sp³-hybridized carbons (Fsp3) is 0.625. The summed E-state index contributed by atoms with van der Waals surface area (Å²) in [6.07, 6.45) is 5.53. The minimum Gasteiger partial charge on any atom is -0.339 e. The molecule has 0 aliphatic carbocycles. The van der Waals surface area contributed by atoms with Crippen molar-refractivity contribution in [2.24, 2.45) is 11.8 Å². The van der Waals surface area contributed by atoms with E-state index >= 15 is 0 Å². The molecule has 0 radical (unpaired) electrons. The van der Waals surface area contributed by atoms with Gasteiger partial charge < -0.3 is 10.3 Å². The zero-order chi connectivity index (χ0) is 15.2. The number of aryl methyl sites for hydroxylation is 1. The number of carbonyl (C=O) groups excluding carboxylic acids is 1. The zero-order valence-corrected chi connectivity index (χ0v) is 13.1. The third-order valence-electron chi connectivity index (χ3n) is 4.23. The number of hydrogen-bond acceptors (Lipinski definition) is 4. The molecule has 0 bridgehead atoms. The van der Waals surface area contributed by atoms with Crippen LogP contribution in [0.1, 0.15) is 55.6 Å². The second-order valence-corrected chi connectivity index (χ2v) is 5.75. The van der Waals surface area contributed by atoms with Crippen molar-refractivity contribution in [1.29, 1.82) is 0 Å². The number of nitrogens with two attached hydrogens (primary N) is 1. The molecule has 1 aliphatic heterocycles. The van der Waals surface area contributed by atoms with Gasteiger partial charge in [0.2, 0.25) is 0 Å². The van der Waals surface area contributed by atoms with Gasteiger partial charge in [-0.3, -0.25) is 4.79 Å². The van der Waals surface area contributed by atoms with E-state index in [0.29, 0.717) is 11.4 Å². The SMILES string of the molecule is CCCC1CCN(C(=O)c2cc(CC)nc(NN)c2)CC1. The van der Waals surface area contributed by atoms with Crippen LogP contribution in [0.25, 0.3) is 0 Å². The predicted octanol–water partition coefficient (Wildman–Crippen LogP) is 2.58. The third kappa shape index (κ3) is 3.94. The first-order valence-corrected chi connectivity index (χ1v) is 7.94. The molecule has 0 unspecified atom stereocenters. The molecular formula is C16H26N4O. The number of likely N-dealkylation sites (tertiary alicyclic amines) is 1. The van der Waals surface area contributed by atoms with Gasteiger partial charge in [0.25, 0.3) is 5.91 Å². The lowest BCUT2D eigenvalue weighted by molar-refractivity contribution is 0.0686. The monoisotopic (exact) mass is 290 g/mol. The Bertz CT molecular complexity index is 459. The number of rotatable bonds is 5. The van der Waals surface area contributed by atoms with Crippen molar-refractivity contribution in [2.75, 3.05) is 18.5 Å². The summed E-state index contributed by atoms with van der Waals surface area (Å²) >= 11 is 0. The van der Waals surface area contributed by atoms with Gasteiger partial charge in [0.15, 0.2) is 0 Å². The van der Waals surface area contributed by atoms with Crippen LogP contribution in [0.2, 0.25) is 0 Å². The number of nitrogens with one attached hydrogen (secondary N) is 1. The van der Waals surface area contributed by atoms with Crippen molar-refractivity contribution in [2.45, 2.75) is 46.0 Å². The molecule has 0 spiro atoms. The van der Waals surface area contributed by atoms with E-state index in [-0.39, 0.29) is 5.91 Å². The highest BCUT2D eigenvalue weighted by Crippen LogP contribution is 2.23. The number of anilines is 1. The van der Waals surface area contributed by atoms with Gasteiger partial charge in [-0.1, -0.05) is 26.7 Å². The number of hydrazine groups is 1. The smallest absolute Gasteiger partial charge is 0.254 e. The van der Waals surface area contributed by atoms with Crippen molar-refractivity contribution >= 4 is 11.7 Å². The summed E-state index contributed by atoms with van der Waals surface area (Å²) in [4.78, 5) is 18.9. The molecule has 1 saturated heterocycles. The number of amides is 1. The Kier molecular flexibility index (Phi) is 5.56. The summed E-state index contributed by atoms with van der Waals surface area (Å²) in [6, 6.07) is 3.61. The van der Waals surface area contributed by atoms with Crippen LogP contribution in [0.4, 0.5) is 5.82 Å². The molecule has 0 atom stereocenters. The Morgan fingerprint density at radius 3 is 2.67 bits per heavy atom. The molecular weight excluding hydrogens is 264 g/mol. The van der Waals surface area contributed by atoms with Crippen LogP contribution in [-0.4, -0.2) is 28.9 Å². The van der Waals surface area contributed by atoms with Gasteiger partial charge >= 0.3 is 0 Å². The molecule has 1 fully saturated rings. The Balaban J connectivity index is 2.06. The fourth-order valence-corrected chi connectivity index (χ4v) is 2.98. The maximum atomic E-state index is 12.6. The van der Waals surface area contributed by atoms with Gasteiger partial charge in [-0.05, 0) is 37.3 Å². The number of nitrogens with zero attached hydrogens (tertiary/aromatic N) is 2. The van der Waals surface area contributed by atoms with Crippen LogP contribution in [0, 0.1) is 5.92 Å². The summed E-state index contributed by atoms with van der Waals surface area (Å²) in [7, 11) is 0. The molecule has 1 aliphatic rings. The predicted molar refractivity (Wildman–Crippen MR) is 85.0 cm³/mol. The standard InChI is InChI=1S/C16H26N4O/c1-3-5-12-6-8-20(9-7-12)16(21)13-10-14(4-2)18-15(11-13)19-17/h10-12H,3-9,17H2,1-2H3,(H,18,19). The molecule has 5 nitrogen and oxygen atoms in total. The summed E-state index contributed by atoms with van der Waals surface area (Å²) < 4.78 is 0. The van der Waals surface area contributed by atoms with Crippen LogP contribution >= 0.6 is 0 Å². The van der Waals surface area contributed by atoms with Gasteiger partial charge in [0.1, 0.15) is 5.82 Å². The second kappa shape index (κ2) is 7.41. The van der Waals surface area contributed by atoms with E-state index in [2.05, 4.69) is 17.3 Å². The molecule has 3 N–H and O–H groups in total. The normalized spacial score (nSPS) is 16.0. The number of nitrogen functional groups attached to an aromatic ring is 1. The van der Waals surface area contributed by atoms with Crippen LogP contribution in [0.5, 0.6) is 0 Å². The fourth-order valence-electron chi connectivity index (χ4n) is 2.98. The van der Waals surface area contributed by atoms with E-state index < -0.39 is 0 Å². The van der Waals surface area contributed by atoms with E-state index in [0.717, 1.165) is 44.0 Å². The molecule has 1 aromatic heterocycles. The molecule has 2 rings (SSSR count). The van der Waals surface area contributed by atoms with E-state index in [9.17, 15) is 4.79 Å². The Morgan fingerprint density at radius 1 is 1.38 bits per heavy atom. The third-order valence-corrected chi connectivity index (χ3v) is 4.23. The number of piperidine rings is 1. The van der Waals surface area contributed by atoms with Crippen molar-refractivity contribution in [3.63, 3.8) is 0 Å². The summed E-state index contributed by atoms with van der Waals surface area (Å²) in [5, 5.41) is 0. The maximum Gasteiger partial charge on any atom is 0.254 e. The van der Waals surface area contributed by atoms with Crippen LogP contribution in [-0.2, 0) is 6.42 Å². The topological polar surface area (TPSA) is 71.2 Å². The molecule has 0 saturated carbocycles. The minimum atomic E-state index is 0.0959. The average molecular weight is 290 g/mol. The first-order chi connectivity index (χ1) is 10.2. The highest BCUT2D eigenvalue weighted by molar-refractivity contribution is 5.95. The van der Waals surface area contributed by atoms with Gasteiger partial charge in [0.05, 0.1) is 0 Å². The molecule has 0 aromatic carbocycles. The molecule has 116 valence electrons. The maximum absolute atomic E-state index is 12.6. The van der Waals surface area contributed by atoms with Gasteiger partial charge in [-0.2, -0.15) is 0 Å². The first kappa shape index (κ1) is 15.8. The Morgan fingerprint density at radius 2 is 2.10 bits per heavy atom. The van der Waals surface area contributed by atoms with Crippen molar-refractivity contribution in [3.8, 4) is 0 Å². The van der Waals surface area contributed by atoms with Gasteiger partial charge in [-0.25, -0.2) is 10.8 Å². The van der Waals surface area contributed by atoms with Gasteiger partial charge in [-0.15, -0.1) is 0 Å². The summed E-state index contributed by atoms with van der Waals surface area (Å²) in [5.41, 5.74) is 4.11. The summed E-state index contributed by atoms with van der Waals surface area (Å²) in [5.74, 6) is 6.87. The lowest BCUT2D eigenvalue weighted by Crippen LogP contribution is -2.38. The van der Waals surface area contributed by atoms with Crippen LogP contribution < -0.4 is 11.3 Å². The van der Waals surface area contributed by atoms with E-state index in [1.807, 2.05) is 17.9 Å². The largest absolute Gasteiger partial charge is 0.339 e. The lowest BCUT2D eigenvalue weighted by atomic mass is 9.92. The Hall–Kier alpha value is -1.62. The van der Waals surface area contributed by atoms with Gasteiger partial charge in [0, 0.05) is 24.3 Å². The Labute approximate surface area is 126 Å². The lowest BCUT2D eigenvalue weighted by Gasteiger charge is -2.32. The molecule has 21 heavy (non-hydrogen) atoms. The summed E-state index contributed by atoms with van der Waals surface area (Å²) in [6.45, 7) is 5.96. The van der Waals surface area contributed by atoms with E-state index in [1.54, 1.807) is 6.07 Å². The quantitative estimate of drug-likeness (QED) is 0.646. The van der Waals surface area contributed by atoms with E-state index in [1.165, 1.54) is 12.8 Å². The average Bonchev–Trinajstić information content (AvgIpc) is 2.54. The van der Waals surface area contributed by atoms with Crippen molar-refractivity contribution in [1.82, 2.24) is 9.88 Å². The highest BCUT2D eigenvalue weighted by Gasteiger charge is 2.23. The first-order valence-electron chi connectivity index (χ1n) is 7.94.